The van der Waals surface area contributed by atoms with Crippen molar-refractivity contribution < 1.29 is 19.0 Å². The van der Waals surface area contributed by atoms with Crippen molar-refractivity contribution in [3.63, 3.8) is 0 Å². The Labute approximate surface area is 180 Å². The average Bonchev–Trinajstić information content (AvgIpc) is 2.76. The minimum absolute atomic E-state index is 0.160. The summed E-state index contributed by atoms with van der Waals surface area (Å²) in [7, 11) is 3.06. The highest BCUT2D eigenvalue weighted by atomic mass is 16.5. The highest BCUT2D eigenvalue weighted by Gasteiger charge is 2.17. The summed E-state index contributed by atoms with van der Waals surface area (Å²) >= 11 is 0. The fraction of sp³-hybridized carbons (Fsp3) is 0.261. The largest absolute Gasteiger partial charge is 0.493 e. The molecule has 8 heteroatoms. The van der Waals surface area contributed by atoms with Crippen LogP contribution < -0.4 is 25.1 Å². The molecule has 162 valence electrons. The molecule has 0 radical (unpaired) electrons. The van der Waals surface area contributed by atoms with Gasteiger partial charge in [0.15, 0.2) is 17.6 Å². The Morgan fingerprint density at radius 1 is 0.968 bits per heavy atom. The first-order valence-corrected chi connectivity index (χ1v) is 9.70. The van der Waals surface area contributed by atoms with Crippen molar-refractivity contribution >= 4 is 11.6 Å². The molecule has 8 nitrogen and oxygen atoms in total. The van der Waals surface area contributed by atoms with Gasteiger partial charge >= 0.3 is 0 Å². The number of ether oxygens (including phenoxy) is 3. The summed E-state index contributed by atoms with van der Waals surface area (Å²) in [6.45, 7) is 5.56. The zero-order valence-electron chi connectivity index (χ0n) is 18.1. The molecule has 0 aliphatic carbocycles. The quantitative estimate of drug-likeness (QED) is 0.627. The average molecular weight is 423 g/mol. The summed E-state index contributed by atoms with van der Waals surface area (Å²) in [6, 6.07) is 13.5. The van der Waals surface area contributed by atoms with Crippen LogP contribution in [0.5, 0.6) is 17.4 Å². The van der Waals surface area contributed by atoms with Crippen molar-refractivity contribution in [1.82, 2.24) is 9.78 Å². The monoisotopic (exact) mass is 423 g/mol. The molecule has 1 heterocycles. The molecule has 1 atom stereocenters. The van der Waals surface area contributed by atoms with E-state index in [9.17, 15) is 9.59 Å². The van der Waals surface area contributed by atoms with Gasteiger partial charge in [0.2, 0.25) is 5.88 Å². The molecule has 0 aliphatic rings. The molecule has 1 N–H and O–H groups in total. The van der Waals surface area contributed by atoms with Crippen LogP contribution in [0, 0.1) is 13.8 Å². The number of anilines is 1. The number of amides is 1. The Bertz CT molecular complexity index is 1160. The SMILES string of the molecule is COc1ccc(NC(=O)[C@@H](C)Oc2ccc(=O)n(-c3ccc(C)c(C)c3)n2)cc1OC. The highest BCUT2D eigenvalue weighted by Crippen LogP contribution is 2.29. The Hall–Kier alpha value is -3.81. The van der Waals surface area contributed by atoms with E-state index in [1.165, 1.54) is 31.0 Å². The molecular formula is C23H25N3O5. The van der Waals surface area contributed by atoms with Gasteiger partial charge in [0, 0.05) is 23.9 Å². The van der Waals surface area contributed by atoms with E-state index in [1.54, 1.807) is 25.1 Å². The maximum Gasteiger partial charge on any atom is 0.271 e. The molecule has 0 spiro atoms. The van der Waals surface area contributed by atoms with Crippen LogP contribution in [0.1, 0.15) is 18.1 Å². The number of nitrogens with zero attached hydrogens (tertiary/aromatic N) is 2. The van der Waals surface area contributed by atoms with E-state index in [0.717, 1.165) is 11.1 Å². The summed E-state index contributed by atoms with van der Waals surface area (Å²) in [4.78, 5) is 24.9. The van der Waals surface area contributed by atoms with Gasteiger partial charge in [-0.3, -0.25) is 9.59 Å². The minimum Gasteiger partial charge on any atom is -0.493 e. The van der Waals surface area contributed by atoms with Gasteiger partial charge in [-0.05, 0) is 56.2 Å². The van der Waals surface area contributed by atoms with Gasteiger partial charge in [0.05, 0.1) is 19.9 Å². The third-order valence-electron chi connectivity index (χ3n) is 4.83. The second-order valence-electron chi connectivity index (χ2n) is 7.01. The van der Waals surface area contributed by atoms with E-state index in [4.69, 9.17) is 14.2 Å². The fourth-order valence-corrected chi connectivity index (χ4v) is 2.89. The molecule has 1 amide bonds. The lowest BCUT2D eigenvalue weighted by Gasteiger charge is -2.16. The molecule has 0 fully saturated rings. The van der Waals surface area contributed by atoms with Gasteiger partial charge in [-0.25, -0.2) is 0 Å². The topological polar surface area (TPSA) is 91.7 Å². The zero-order valence-corrected chi connectivity index (χ0v) is 18.1. The minimum atomic E-state index is -0.855. The van der Waals surface area contributed by atoms with Gasteiger partial charge in [0.1, 0.15) is 0 Å². The number of methoxy groups -OCH3 is 2. The van der Waals surface area contributed by atoms with Crippen LogP contribution in [0.2, 0.25) is 0 Å². The molecule has 3 aromatic rings. The summed E-state index contributed by atoms with van der Waals surface area (Å²) in [5.41, 5.74) is 3.02. The van der Waals surface area contributed by atoms with Crippen molar-refractivity contribution in [2.45, 2.75) is 26.9 Å². The van der Waals surface area contributed by atoms with Crippen molar-refractivity contribution in [3.05, 3.63) is 70.0 Å². The van der Waals surface area contributed by atoms with Gasteiger partial charge in [-0.2, -0.15) is 4.68 Å². The number of aryl methyl sites for hydroxylation is 2. The zero-order chi connectivity index (χ0) is 22.5. The number of rotatable bonds is 7. The Morgan fingerprint density at radius 2 is 1.71 bits per heavy atom. The van der Waals surface area contributed by atoms with Crippen LogP contribution in [-0.4, -0.2) is 36.0 Å². The van der Waals surface area contributed by atoms with Crippen LogP contribution in [0.25, 0.3) is 5.69 Å². The smallest absolute Gasteiger partial charge is 0.271 e. The van der Waals surface area contributed by atoms with E-state index in [2.05, 4.69) is 10.4 Å². The Morgan fingerprint density at radius 3 is 2.39 bits per heavy atom. The van der Waals surface area contributed by atoms with Crippen LogP contribution in [0.3, 0.4) is 0 Å². The molecule has 0 bridgehead atoms. The lowest BCUT2D eigenvalue weighted by atomic mass is 10.1. The van der Waals surface area contributed by atoms with Crippen molar-refractivity contribution in [2.24, 2.45) is 0 Å². The van der Waals surface area contributed by atoms with Gasteiger partial charge < -0.3 is 19.5 Å². The van der Waals surface area contributed by atoms with Crippen LogP contribution in [-0.2, 0) is 4.79 Å². The number of hydrogen-bond donors (Lipinski definition) is 1. The van der Waals surface area contributed by atoms with Gasteiger partial charge in [0.25, 0.3) is 11.5 Å². The van der Waals surface area contributed by atoms with Crippen LogP contribution >= 0.6 is 0 Å². The number of carbonyl (C=O) groups excluding carboxylic acids is 1. The number of hydrogen-bond acceptors (Lipinski definition) is 6. The van der Waals surface area contributed by atoms with E-state index in [-0.39, 0.29) is 17.3 Å². The molecule has 31 heavy (non-hydrogen) atoms. The van der Waals surface area contributed by atoms with Crippen LogP contribution in [0.15, 0.2) is 53.3 Å². The maximum absolute atomic E-state index is 12.6. The summed E-state index contributed by atoms with van der Waals surface area (Å²) in [5, 5.41) is 7.02. The summed E-state index contributed by atoms with van der Waals surface area (Å²) < 4.78 is 17.4. The van der Waals surface area contributed by atoms with Crippen molar-refractivity contribution in [1.29, 1.82) is 0 Å². The molecule has 0 saturated heterocycles. The van der Waals surface area contributed by atoms with Gasteiger partial charge in [-0.1, -0.05) is 6.07 Å². The van der Waals surface area contributed by atoms with E-state index in [0.29, 0.717) is 22.9 Å². The van der Waals surface area contributed by atoms with E-state index in [1.807, 2.05) is 32.0 Å². The summed E-state index contributed by atoms with van der Waals surface area (Å²) in [5.74, 6) is 0.837. The summed E-state index contributed by atoms with van der Waals surface area (Å²) in [6.07, 6.45) is -0.855. The lowest BCUT2D eigenvalue weighted by molar-refractivity contribution is -0.122. The first-order valence-electron chi connectivity index (χ1n) is 9.70. The molecule has 0 saturated carbocycles. The van der Waals surface area contributed by atoms with E-state index >= 15 is 0 Å². The lowest BCUT2D eigenvalue weighted by Crippen LogP contribution is -2.31. The molecule has 2 aromatic carbocycles. The van der Waals surface area contributed by atoms with Gasteiger partial charge in [-0.15, -0.1) is 5.10 Å². The first kappa shape index (κ1) is 21.9. The predicted octanol–water partition coefficient (Wildman–Crippen LogP) is 3.27. The third kappa shape index (κ3) is 5.03. The molecule has 0 aliphatic heterocycles. The Balaban J connectivity index is 1.75. The molecule has 0 unspecified atom stereocenters. The number of nitrogens with one attached hydrogen (secondary N) is 1. The van der Waals surface area contributed by atoms with Crippen LogP contribution in [0.4, 0.5) is 5.69 Å². The Kier molecular flexibility index (Phi) is 6.59. The third-order valence-corrected chi connectivity index (χ3v) is 4.83. The maximum atomic E-state index is 12.6. The molecular weight excluding hydrogens is 398 g/mol. The second kappa shape index (κ2) is 9.34. The van der Waals surface area contributed by atoms with Crippen molar-refractivity contribution in [2.75, 3.05) is 19.5 Å². The normalized spacial score (nSPS) is 11.5. The second-order valence-corrected chi connectivity index (χ2v) is 7.01. The van der Waals surface area contributed by atoms with Crippen molar-refractivity contribution in [3.8, 4) is 23.1 Å². The molecule has 1 aromatic heterocycles. The standard InChI is InChI=1S/C23H25N3O5/c1-14-6-8-18(12-15(14)2)26-22(27)11-10-21(25-26)31-16(3)23(28)24-17-7-9-19(29-4)20(13-17)30-5/h6-13,16H,1-5H3,(H,24,28)/t16-/m1/s1. The predicted molar refractivity (Wildman–Crippen MR) is 118 cm³/mol. The fourth-order valence-electron chi connectivity index (χ4n) is 2.89. The highest BCUT2D eigenvalue weighted by molar-refractivity contribution is 5.94. The number of benzene rings is 2. The number of aromatic nitrogens is 2. The van der Waals surface area contributed by atoms with E-state index < -0.39 is 6.10 Å². The molecule has 3 rings (SSSR count). The first-order chi connectivity index (χ1) is 14.8. The number of carbonyl (C=O) groups is 1.